The predicted octanol–water partition coefficient (Wildman–Crippen LogP) is 5.44. The number of rotatable bonds is 12. The Morgan fingerprint density at radius 3 is 1.21 bits per heavy atom. The molecule has 12 fully saturated rings. The maximum absolute atomic E-state index is 12.2. The van der Waals surface area contributed by atoms with E-state index in [4.69, 9.17) is 28.4 Å². The molecule has 0 aromatic carbocycles. The third-order valence-electron chi connectivity index (χ3n) is 18.0. The Bertz CT molecular complexity index is 1990. The molecule has 16 heteroatoms. The summed E-state index contributed by atoms with van der Waals surface area (Å²) in [5.41, 5.74) is -6.01. The molecule has 0 radical (unpaired) electrons. The Morgan fingerprint density at radius 1 is 0.441 bits per heavy atom. The lowest BCUT2D eigenvalue weighted by molar-refractivity contribution is -0.309. The Labute approximate surface area is 399 Å². The maximum atomic E-state index is 12.2. The van der Waals surface area contributed by atoms with Crippen molar-refractivity contribution in [2.45, 2.75) is 184 Å². The van der Waals surface area contributed by atoms with Crippen molar-refractivity contribution in [1.82, 2.24) is 0 Å². The minimum absolute atomic E-state index is 0.00934. The molecule has 0 amide bonds. The van der Waals surface area contributed by atoms with Crippen LogP contribution >= 0.6 is 0 Å². The Kier molecular flexibility index (Phi) is 13.0. The van der Waals surface area contributed by atoms with E-state index in [1.54, 1.807) is 0 Å². The summed E-state index contributed by atoms with van der Waals surface area (Å²) in [4.78, 5) is 69.6. The summed E-state index contributed by atoms with van der Waals surface area (Å²) in [6.45, 7) is 22.9. The monoisotopic (exact) mass is 954 g/mol. The Hall–Kier alpha value is -4.12. The van der Waals surface area contributed by atoms with Crippen LogP contribution in [0.25, 0.3) is 0 Å². The first-order chi connectivity index (χ1) is 31.3. The molecule has 0 saturated heterocycles. The van der Waals surface area contributed by atoms with Crippen molar-refractivity contribution >= 4 is 35.8 Å². The predicted molar refractivity (Wildman–Crippen MR) is 242 cm³/mol. The summed E-state index contributed by atoms with van der Waals surface area (Å²) in [5, 5.41) is 43.9. The highest BCUT2D eigenvalue weighted by atomic mass is 16.6. The van der Waals surface area contributed by atoms with Gasteiger partial charge in [0.05, 0.1) is 22.4 Å². The zero-order chi connectivity index (χ0) is 50.4. The highest BCUT2D eigenvalue weighted by Gasteiger charge is 2.73. The van der Waals surface area contributed by atoms with E-state index < -0.39 is 94.8 Å². The number of carbonyl (C=O) groups is 6. The van der Waals surface area contributed by atoms with Crippen LogP contribution in [0.2, 0.25) is 0 Å². The largest absolute Gasteiger partial charge is 0.456 e. The van der Waals surface area contributed by atoms with Gasteiger partial charge in [-0.25, -0.2) is 28.8 Å². The summed E-state index contributed by atoms with van der Waals surface area (Å²) in [6, 6.07) is 0. The summed E-state index contributed by atoms with van der Waals surface area (Å²) in [6.07, 6.45) is 13.8. The van der Waals surface area contributed by atoms with Crippen molar-refractivity contribution in [2.75, 3.05) is 19.8 Å². The van der Waals surface area contributed by atoms with Gasteiger partial charge in [-0.05, 0) is 111 Å². The van der Waals surface area contributed by atoms with Gasteiger partial charge in [-0.15, -0.1) is 0 Å². The Morgan fingerprint density at radius 2 is 0.794 bits per heavy atom. The highest BCUT2D eigenvalue weighted by molar-refractivity contribution is 5.85. The molecule has 12 bridgehead atoms. The number of aliphatic hydroxyl groups is 4. The van der Waals surface area contributed by atoms with E-state index in [1.807, 2.05) is 27.7 Å². The lowest BCUT2D eigenvalue weighted by Gasteiger charge is -2.69. The highest BCUT2D eigenvalue weighted by Crippen LogP contribution is 2.71. The molecule has 378 valence electrons. The molecular formula is C52H74O16. The molecule has 0 spiro atoms. The van der Waals surface area contributed by atoms with Crippen molar-refractivity contribution in [2.24, 2.45) is 45.3 Å². The summed E-state index contributed by atoms with van der Waals surface area (Å²) >= 11 is 0. The summed E-state index contributed by atoms with van der Waals surface area (Å²) < 4.78 is 31.6. The van der Waals surface area contributed by atoms with Gasteiger partial charge in [0.25, 0.3) is 0 Å². The summed E-state index contributed by atoms with van der Waals surface area (Å²) in [7, 11) is 0. The average molecular weight is 955 g/mol. The van der Waals surface area contributed by atoms with Crippen LogP contribution in [0.15, 0.2) is 38.0 Å². The van der Waals surface area contributed by atoms with Gasteiger partial charge < -0.3 is 48.8 Å². The van der Waals surface area contributed by atoms with Crippen molar-refractivity contribution in [3.05, 3.63) is 38.0 Å². The van der Waals surface area contributed by atoms with Crippen LogP contribution < -0.4 is 0 Å². The second kappa shape index (κ2) is 17.0. The van der Waals surface area contributed by atoms with Crippen molar-refractivity contribution in [3.63, 3.8) is 0 Å². The Balaban J connectivity index is 0.000000151. The third-order valence-corrected chi connectivity index (χ3v) is 18.0. The van der Waals surface area contributed by atoms with E-state index in [1.165, 1.54) is 0 Å². The molecule has 12 aliphatic rings. The van der Waals surface area contributed by atoms with Crippen LogP contribution in [0, 0.1) is 45.3 Å². The van der Waals surface area contributed by atoms with Gasteiger partial charge in [-0.1, -0.05) is 68.2 Å². The van der Waals surface area contributed by atoms with Crippen molar-refractivity contribution < 1.29 is 77.6 Å². The van der Waals surface area contributed by atoms with Crippen LogP contribution in [-0.4, -0.2) is 115 Å². The first-order valence-electron chi connectivity index (χ1n) is 24.2. The lowest BCUT2D eigenvalue weighted by atomic mass is 9.39. The molecule has 4 N–H and O–H groups in total. The van der Waals surface area contributed by atoms with Gasteiger partial charge in [0, 0.05) is 48.8 Å². The number of hydrogen-bond donors (Lipinski definition) is 4. The third kappa shape index (κ3) is 9.56. The second-order valence-corrected chi connectivity index (χ2v) is 24.6. The van der Waals surface area contributed by atoms with Gasteiger partial charge in [-0.3, -0.25) is 0 Å². The van der Waals surface area contributed by atoms with E-state index in [0.717, 1.165) is 82.4 Å². The van der Waals surface area contributed by atoms with E-state index in [9.17, 15) is 49.2 Å². The molecule has 0 aromatic rings. The zero-order valence-corrected chi connectivity index (χ0v) is 41.1. The fourth-order valence-electron chi connectivity index (χ4n) is 17.2. The number of carbonyl (C=O) groups excluding carboxylic acids is 6. The van der Waals surface area contributed by atoms with E-state index in [-0.39, 0.29) is 39.4 Å². The first-order valence-corrected chi connectivity index (χ1v) is 24.2. The number of hydrogen-bond acceptors (Lipinski definition) is 16. The van der Waals surface area contributed by atoms with Crippen LogP contribution in [0.3, 0.4) is 0 Å². The second-order valence-electron chi connectivity index (χ2n) is 24.6. The fourth-order valence-corrected chi connectivity index (χ4v) is 17.2. The van der Waals surface area contributed by atoms with E-state index in [0.29, 0.717) is 38.0 Å². The smallest absolute Gasteiger partial charge is 0.344 e. The molecular weight excluding hydrogens is 881 g/mol. The molecule has 16 nitrogen and oxygen atoms in total. The molecule has 0 aromatic heterocycles. The topological polar surface area (TPSA) is 239 Å². The van der Waals surface area contributed by atoms with Crippen LogP contribution in [0.5, 0.6) is 0 Å². The normalized spacial score (nSPS) is 46.6. The minimum Gasteiger partial charge on any atom is -0.456 e. The standard InChI is InChI=1S/C18H26O5.C17H24O6.C17H24O5/c1-5-13(19)22-6-14(20)23-18-10-15(3)7-16(4,11-18)9-17(21,8-15)12(18)2;1-4-12(18)22-5-13(19)23-17-8-14(3)6-15(20,10-17)9-16(21,7-14)11(17)2;1-4-13(18)21-8-14(19)22-17-7-12-5-15(3,10-17)9-16(20,6-12)11(17)2/h5,12,21H,1,6-11H2,2-4H3;4,11,20-21H,1,5-10H2,2-3H3;4,11-12,20H,1,5-10H2,2-3H3. The van der Waals surface area contributed by atoms with Gasteiger partial charge >= 0.3 is 35.8 Å². The molecule has 12 aliphatic carbocycles. The molecule has 12 rings (SSSR count). The molecule has 13 atom stereocenters. The van der Waals surface area contributed by atoms with Crippen LogP contribution in [0.4, 0.5) is 0 Å². The van der Waals surface area contributed by atoms with Gasteiger partial charge in [0.2, 0.25) is 0 Å². The zero-order valence-electron chi connectivity index (χ0n) is 41.1. The fraction of sp³-hybridized carbons (Fsp3) is 0.769. The van der Waals surface area contributed by atoms with Gasteiger partial charge in [0.15, 0.2) is 19.8 Å². The molecule has 68 heavy (non-hydrogen) atoms. The average Bonchev–Trinajstić information content (AvgIpc) is 3.18. The van der Waals surface area contributed by atoms with E-state index >= 15 is 0 Å². The van der Waals surface area contributed by atoms with Crippen molar-refractivity contribution in [3.8, 4) is 0 Å². The summed E-state index contributed by atoms with van der Waals surface area (Å²) in [5.74, 6) is -3.81. The van der Waals surface area contributed by atoms with Gasteiger partial charge in [-0.2, -0.15) is 0 Å². The molecule has 12 saturated carbocycles. The number of esters is 6. The number of ether oxygens (including phenoxy) is 6. The van der Waals surface area contributed by atoms with Gasteiger partial charge in [0.1, 0.15) is 16.8 Å². The van der Waals surface area contributed by atoms with Crippen LogP contribution in [0.1, 0.15) is 145 Å². The SMILES string of the molecule is C=CC(=O)OCC(=O)OC12CC3(C)CC(C)(CC(O)(C3)C1C)C2.C=CC(=O)OCC(=O)OC12CC3(C)CC(O)(CC(O)(C3)C1C)C2.C=CC(=O)OCC(=O)OC12CC3CC(C)(CC(O)(C3)C1C)C2. The molecule has 0 heterocycles. The van der Waals surface area contributed by atoms with Crippen molar-refractivity contribution in [1.29, 1.82) is 0 Å². The molecule has 0 aliphatic heterocycles. The van der Waals surface area contributed by atoms with E-state index in [2.05, 4.69) is 40.5 Å². The maximum Gasteiger partial charge on any atom is 0.344 e. The first kappa shape index (κ1) is 51.7. The minimum atomic E-state index is -1.03. The quantitative estimate of drug-likeness (QED) is 0.108. The molecule has 13 unspecified atom stereocenters. The lowest BCUT2D eigenvalue weighted by Crippen LogP contribution is -2.74. The van der Waals surface area contributed by atoms with Crippen LogP contribution in [-0.2, 0) is 57.2 Å².